The highest BCUT2D eigenvalue weighted by Gasteiger charge is 2.49. The van der Waals surface area contributed by atoms with Gasteiger partial charge < -0.3 is 5.32 Å². The van der Waals surface area contributed by atoms with Crippen molar-refractivity contribution >= 4 is 29.8 Å². The summed E-state index contributed by atoms with van der Waals surface area (Å²) >= 11 is 0. The van der Waals surface area contributed by atoms with Crippen LogP contribution in [-0.2, 0) is 14.4 Å². The van der Waals surface area contributed by atoms with Crippen molar-refractivity contribution in [3.8, 4) is 0 Å². The van der Waals surface area contributed by atoms with Gasteiger partial charge in [-0.15, -0.1) is 0 Å². The highest BCUT2D eigenvalue weighted by atomic mass is 16.2. The molecule has 1 aliphatic carbocycles. The Morgan fingerprint density at radius 2 is 1.69 bits per heavy atom. The van der Waals surface area contributed by atoms with Gasteiger partial charge in [0.15, 0.2) is 0 Å². The van der Waals surface area contributed by atoms with E-state index in [1.165, 1.54) is 0 Å². The predicted octanol–water partition coefficient (Wildman–Crippen LogP) is 0.980. The van der Waals surface area contributed by atoms with Crippen molar-refractivity contribution in [1.29, 1.82) is 0 Å². The van der Waals surface area contributed by atoms with Crippen LogP contribution in [0, 0.1) is 5.92 Å². The molecular weight excluding hydrogens is 340 g/mol. The van der Waals surface area contributed by atoms with Crippen molar-refractivity contribution < 1.29 is 24.0 Å². The Balaban J connectivity index is 2.02. The van der Waals surface area contributed by atoms with Crippen LogP contribution in [0.2, 0.25) is 0 Å². The van der Waals surface area contributed by atoms with Crippen molar-refractivity contribution in [2.75, 3.05) is 6.54 Å². The Hall–Kier alpha value is -2.45. The fourth-order valence-corrected chi connectivity index (χ4v) is 3.32. The zero-order valence-electron chi connectivity index (χ0n) is 15.6. The molecule has 2 N–H and O–H groups in total. The molecule has 2 fully saturated rings. The van der Waals surface area contributed by atoms with Crippen molar-refractivity contribution in [2.45, 2.75) is 65.0 Å². The van der Waals surface area contributed by atoms with Gasteiger partial charge in [0.2, 0.25) is 5.91 Å². The molecule has 9 heteroatoms. The fourth-order valence-electron chi connectivity index (χ4n) is 3.32. The Kier molecular flexibility index (Phi) is 5.68. The van der Waals surface area contributed by atoms with Gasteiger partial charge in [0.05, 0.1) is 0 Å². The number of amides is 7. The lowest BCUT2D eigenvalue weighted by Crippen LogP contribution is -2.51. The molecule has 0 aromatic heterocycles. The molecule has 1 saturated carbocycles. The minimum atomic E-state index is -1.03. The van der Waals surface area contributed by atoms with Crippen LogP contribution in [0.1, 0.15) is 53.4 Å². The molecule has 144 valence electrons. The number of hydrogen-bond acceptors (Lipinski definition) is 5. The van der Waals surface area contributed by atoms with Gasteiger partial charge >= 0.3 is 23.9 Å². The van der Waals surface area contributed by atoms with E-state index in [2.05, 4.69) is 10.6 Å². The second kappa shape index (κ2) is 7.43. The molecule has 0 radical (unpaired) electrons. The molecule has 0 unspecified atom stereocenters. The van der Waals surface area contributed by atoms with Crippen molar-refractivity contribution in [3.05, 3.63) is 0 Å². The molecule has 0 spiro atoms. The molecule has 0 aromatic rings. The zero-order valence-corrected chi connectivity index (χ0v) is 15.6. The summed E-state index contributed by atoms with van der Waals surface area (Å²) in [7, 11) is 0. The zero-order chi connectivity index (χ0) is 19.6. The quantitative estimate of drug-likeness (QED) is 0.570. The van der Waals surface area contributed by atoms with Crippen LogP contribution < -0.4 is 10.6 Å². The summed E-state index contributed by atoms with van der Waals surface area (Å²) in [5, 5.41) is 4.59. The number of nitrogens with zero attached hydrogens (tertiary/aromatic N) is 2. The van der Waals surface area contributed by atoms with Gasteiger partial charge in [-0.1, -0.05) is 19.8 Å². The first-order valence-corrected chi connectivity index (χ1v) is 8.82. The summed E-state index contributed by atoms with van der Waals surface area (Å²) in [4.78, 5) is 62.3. The van der Waals surface area contributed by atoms with Gasteiger partial charge in [0.1, 0.15) is 6.54 Å². The van der Waals surface area contributed by atoms with Crippen LogP contribution in [0.25, 0.3) is 0 Å². The van der Waals surface area contributed by atoms with Crippen LogP contribution in [0.5, 0.6) is 0 Å². The third-order valence-corrected chi connectivity index (χ3v) is 4.52. The van der Waals surface area contributed by atoms with Crippen LogP contribution in [0.3, 0.4) is 0 Å². The van der Waals surface area contributed by atoms with Gasteiger partial charge in [-0.3, -0.25) is 24.6 Å². The number of urea groups is 2. The largest absolute Gasteiger partial charge is 0.334 e. The third kappa shape index (κ3) is 4.39. The molecule has 1 aliphatic heterocycles. The van der Waals surface area contributed by atoms with Crippen LogP contribution in [-0.4, -0.2) is 57.7 Å². The maximum Gasteiger partial charge on any atom is 0.334 e. The van der Waals surface area contributed by atoms with E-state index >= 15 is 0 Å². The fraction of sp³-hybridized carbons (Fsp3) is 0.706. The van der Waals surface area contributed by atoms with Crippen molar-refractivity contribution in [3.63, 3.8) is 0 Å². The van der Waals surface area contributed by atoms with E-state index in [0.717, 1.165) is 24.2 Å². The van der Waals surface area contributed by atoms with Gasteiger partial charge in [0, 0.05) is 11.6 Å². The van der Waals surface area contributed by atoms with Gasteiger partial charge in [0.25, 0.3) is 0 Å². The summed E-state index contributed by atoms with van der Waals surface area (Å²) < 4.78 is 0. The van der Waals surface area contributed by atoms with Gasteiger partial charge in [-0.25, -0.2) is 14.5 Å². The maximum atomic E-state index is 12.6. The first kappa shape index (κ1) is 19.9. The Labute approximate surface area is 152 Å². The summed E-state index contributed by atoms with van der Waals surface area (Å²) in [6.07, 6.45) is 3.44. The lowest BCUT2D eigenvalue weighted by molar-refractivity contribution is -0.145. The first-order valence-electron chi connectivity index (χ1n) is 8.82. The molecule has 7 amide bonds. The molecule has 0 aromatic carbocycles. The number of rotatable bonds is 3. The smallest absolute Gasteiger partial charge is 0.333 e. The van der Waals surface area contributed by atoms with E-state index in [1.807, 2.05) is 6.92 Å². The number of nitrogens with one attached hydrogen (secondary N) is 2. The highest BCUT2D eigenvalue weighted by Crippen LogP contribution is 2.31. The Bertz CT molecular complexity index is 640. The first-order chi connectivity index (χ1) is 12.0. The van der Waals surface area contributed by atoms with Crippen LogP contribution in [0.15, 0.2) is 0 Å². The van der Waals surface area contributed by atoms with Crippen molar-refractivity contribution in [1.82, 2.24) is 20.4 Å². The molecule has 1 saturated heterocycles. The van der Waals surface area contributed by atoms with Gasteiger partial charge in [-0.05, 0) is 39.5 Å². The molecule has 0 bridgehead atoms. The SMILES string of the molecule is C[C@H]1CCCC[C@H]1N1C(=O)C(=O)N(CC(=O)NC(=O)NC(C)(C)C)C1=O. The summed E-state index contributed by atoms with van der Waals surface area (Å²) in [6.45, 7) is 6.50. The van der Waals surface area contributed by atoms with E-state index in [-0.39, 0.29) is 12.0 Å². The maximum absolute atomic E-state index is 12.6. The normalized spacial score (nSPS) is 24.1. The average molecular weight is 366 g/mol. The number of carbonyl (C=O) groups is 5. The summed E-state index contributed by atoms with van der Waals surface area (Å²) in [6, 6.07) is -1.85. The van der Waals surface area contributed by atoms with Crippen molar-refractivity contribution in [2.24, 2.45) is 5.92 Å². The van der Waals surface area contributed by atoms with Gasteiger partial charge in [-0.2, -0.15) is 0 Å². The highest BCUT2D eigenvalue weighted by molar-refractivity contribution is 6.45. The molecular formula is C17H26N4O5. The Morgan fingerprint density at radius 3 is 2.27 bits per heavy atom. The van der Waals surface area contributed by atoms with E-state index in [4.69, 9.17) is 0 Å². The van der Waals surface area contributed by atoms with E-state index in [0.29, 0.717) is 11.3 Å². The summed E-state index contributed by atoms with van der Waals surface area (Å²) in [5.41, 5.74) is -0.548. The molecule has 26 heavy (non-hydrogen) atoms. The van der Waals surface area contributed by atoms with Crippen LogP contribution >= 0.6 is 0 Å². The second-order valence-electron chi connectivity index (χ2n) is 7.93. The summed E-state index contributed by atoms with van der Waals surface area (Å²) in [5.74, 6) is -2.66. The number of imide groups is 3. The third-order valence-electron chi connectivity index (χ3n) is 4.52. The molecule has 2 aliphatic rings. The van der Waals surface area contributed by atoms with E-state index in [1.54, 1.807) is 20.8 Å². The number of hydrogen-bond donors (Lipinski definition) is 2. The molecule has 2 rings (SSSR count). The monoisotopic (exact) mass is 366 g/mol. The Morgan fingerprint density at radius 1 is 1.08 bits per heavy atom. The molecule has 1 heterocycles. The molecule has 2 atom stereocenters. The predicted molar refractivity (Wildman–Crippen MR) is 91.8 cm³/mol. The van der Waals surface area contributed by atoms with E-state index in [9.17, 15) is 24.0 Å². The standard InChI is InChI=1S/C17H26N4O5/c1-10-7-5-6-8-11(10)21-14(24)13(23)20(16(21)26)9-12(22)18-15(25)19-17(2,3)4/h10-11H,5-9H2,1-4H3,(H2,18,19,22,25)/t10-,11+/m0/s1. The van der Waals surface area contributed by atoms with E-state index < -0.39 is 41.9 Å². The topological polar surface area (TPSA) is 116 Å². The van der Waals surface area contributed by atoms with Crippen LogP contribution in [0.4, 0.5) is 9.59 Å². The second-order valence-corrected chi connectivity index (χ2v) is 7.93. The minimum Gasteiger partial charge on any atom is -0.333 e. The minimum absolute atomic E-state index is 0.107. The average Bonchev–Trinajstić information content (AvgIpc) is 2.70. The lowest BCUT2D eigenvalue weighted by atomic mass is 9.85. The number of carbonyl (C=O) groups excluding carboxylic acids is 5. The lowest BCUT2D eigenvalue weighted by Gasteiger charge is -2.34. The molecule has 9 nitrogen and oxygen atoms in total.